The molecule has 0 aliphatic carbocycles. The maximum absolute atomic E-state index is 4.61. The summed E-state index contributed by atoms with van der Waals surface area (Å²) in [6.45, 7) is 10.4. The van der Waals surface area contributed by atoms with Crippen molar-refractivity contribution < 1.29 is 0 Å². The number of nitrogens with one attached hydrogen (secondary N) is 1. The zero-order valence-electron chi connectivity index (χ0n) is 13.9. The highest BCUT2D eigenvalue weighted by Crippen LogP contribution is 2.20. The molecule has 0 aliphatic rings. The van der Waals surface area contributed by atoms with Gasteiger partial charge in [-0.3, -0.25) is 0 Å². The summed E-state index contributed by atoms with van der Waals surface area (Å²) in [7, 11) is 0. The van der Waals surface area contributed by atoms with Crippen LogP contribution in [0.5, 0.6) is 0 Å². The molecule has 0 unspecified atom stereocenters. The molecule has 118 valence electrons. The van der Waals surface area contributed by atoms with Crippen molar-refractivity contribution in [1.82, 2.24) is 15.2 Å². The predicted molar refractivity (Wildman–Crippen MR) is 91.8 cm³/mol. The Morgan fingerprint density at radius 2 is 1.82 bits per heavy atom. The number of rotatable bonds is 7. The van der Waals surface area contributed by atoms with E-state index in [0.717, 1.165) is 37.4 Å². The molecular weight excluding hydrogens is 274 g/mol. The lowest BCUT2D eigenvalue weighted by atomic mass is 10.1. The van der Waals surface area contributed by atoms with Gasteiger partial charge in [-0.05, 0) is 38.3 Å². The summed E-state index contributed by atoms with van der Waals surface area (Å²) in [6, 6.07) is 6.31. The molecule has 0 saturated heterocycles. The number of nitrogens with zero attached hydrogens (tertiary/aromatic N) is 4. The molecule has 0 amide bonds. The van der Waals surface area contributed by atoms with E-state index in [2.05, 4.69) is 71.3 Å². The summed E-state index contributed by atoms with van der Waals surface area (Å²) in [5.74, 6) is 1.42. The second-order valence-corrected chi connectivity index (χ2v) is 5.57. The Labute approximate surface area is 132 Å². The average molecular weight is 299 g/mol. The largest absolute Gasteiger partial charge is 0.339 e. The molecule has 0 aliphatic heterocycles. The van der Waals surface area contributed by atoms with Crippen molar-refractivity contribution in [2.75, 3.05) is 23.3 Å². The topological polar surface area (TPSA) is 53.9 Å². The van der Waals surface area contributed by atoms with E-state index in [4.69, 9.17) is 0 Å². The first-order valence-electron chi connectivity index (χ1n) is 7.93. The minimum Gasteiger partial charge on any atom is -0.339 e. The lowest BCUT2D eigenvalue weighted by Gasteiger charge is -2.21. The normalized spacial score (nSPS) is 10.5. The second-order valence-electron chi connectivity index (χ2n) is 5.57. The van der Waals surface area contributed by atoms with Crippen LogP contribution in [0.25, 0.3) is 0 Å². The van der Waals surface area contributed by atoms with E-state index in [0.29, 0.717) is 5.95 Å². The second kappa shape index (κ2) is 7.73. The van der Waals surface area contributed by atoms with E-state index in [-0.39, 0.29) is 0 Å². The Morgan fingerprint density at radius 3 is 2.45 bits per heavy atom. The maximum Gasteiger partial charge on any atom is 0.247 e. The van der Waals surface area contributed by atoms with Crippen LogP contribution in [-0.4, -0.2) is 28.3 Å². The van der Waals surface area contributed by atoms with Crippen molar-refractivity contribution >= 4 is 17.5 Å². The van der Waals surface area contributed by atoms with E-state index in [9.17, 15) is 0 Å². The predicted octanol–water partition coefficient (Wildman–Crippen LogP) is 3.86. The van der Waals surface area contributed by atoms with Crippen LogP contribution in [0.15, 0.2) is 24.4 Å². The van der Waals surface area contributed by atoms with Crippen molar-refractivity contribution in [3.8, 4) is 0 Å². The van der Waals surface area contributed by atoms with Gasteiger partial charge in [0.25, 0.3) is 0 Å². The Kier molecular flexibility index (Phi) is 5.69. The fourth-order valence-electron chi connectivity index (χ4n) is 2.43. The number of aryl methyl sites for hydroxylation is 2. The highest BCUT2D eigenvalue weighted by atomic mass is 15.3. The van der Waals surface area contributed by atoms with E-state index in [1.807, 2.05) is 0 Å². The fraction of sp³-hybridized carbons (Fsp3) is 0.471. The molecule has 0 radical (unpaired) electrons. The SMILES string of the molecule is CCCN(CCC)c1nncc(Nc2ccc(C)cc2C)n1. The smallest absolute Gasteiger partial charge is 0.247 e. The number of hydrogen-bond acceptors (Lipinski definition) is 5. The van der Waals surface area contributed by atoms with Crippen LogP contribution in [0.4, 0.5) is 17.5 Å². The monoisotopic (exact) mass is 299 g/mol. The standard InChI is InChI=1S/C17H25N5/c1-5-9-22(10-6-2)17-20-16(12-18-21-17)19-15-8-7-13(3)11-14(15)4/h7-8,11-12H,5-6,9-10H2,1-4H3,(H,19,20,21). The Balaban J connectivity index is 2.20. The summed E-state index contributed by atoms with van der Waals surface area (Å²) >= 11 is 0. The van der Waals surface area contributed by atoms with Crippen LogP contribution < -0.4 is 10.2 Å². The number of benzene rings is 1. The molecule has 0 spiro atoms. The molecule has 1 aromatic heterocycles. The Bertz CT molecular complexity index is 606. The third-order valence-electron chi connectivity index (χ3n) is 3.46. The minimum absolute atomic E-state index is 0.693. The first kappa shape index (κ1) is 16.2. The zero-order chi connectivity index (χ0) is 15.9. The third-order valence-corrected chi connectivity index (χ3v) is 3.46. The van der Waals surface area contributed by atoms with Crippen molar-refractivity contribution in [3.63, 3.8) is 0 Å². The molecule has 0 saturated carbocycles. The summed E-state index contributed by atoms with van der Waals surface area (Å²) < 4.78 is 0. The van der Waals surface area contributed by atoms with Crippen LogP contribution in [0, 0.1) is 13.8 Å². The Hall–Kier alpha value is -2.17. The number of aromatic nitrogens is 3. The first-order chi connectivity index (χ1) is 10.6. The molecule has 2 rings (SSSR count). The van der Waals surface area contributed by atoms with Gasteiger partial charge in [0.15, 0.2) is 5.82 Å². The zero-order valence-corrected chi connectivity index (χ0v) is 13.9. The molecule has 1 heterocycles. The van der Waals surface area contributed by atoms with Crippen molar-refractivity contribution in [3.05, 3.63) is 35.5 Å². The van der Waals surface area contributed by atoms with Crippen LogP contribution in [-0.2, 0) is 0 Å². The first-order valence-corrected chi connectivity index (χ1v) is 7.93. The molecule has 1 aromatic carbocycles. The molecule has 2 aromatic rings. The fourth-order valence-corrected chi connectivity index (χ4v) is 2.43. The highest BCUT2D eigenvalue weighted by Gasteiger charge is 2.10. The van der Waals surface area contributed by atoms with E-state index < -0.39 is 0 Å². The molecule has 0 bridgehead atoms. The minimum atomic E-state index is 0.693. The van der Waals surface area contributed by atoms with Gasteiger partial charge < -0.3 is 10.2 Å². The number of hydrogen-bond donors (Lipinski definition) is 1. The van der Waals surface area contributed by atoms with Gasteiger partial charge in [-0.25, -0.2) is 0 Å². The van der Waals surface area contributed by atoms with Gasteiger partial charge in [-0.1, -0.05) is 31.5 Å². The molecule has 0 fully saturated rings. The van der Waals surface area contributed by atoms with E-state index in [1.54, 1.807) is 6.20 Å². The maximum atomic E-state index is 4.61. The van der Waals surface area contributed by atoms with Gasteiger partial charge in [0.1, 0.15) is 0 Å². The molecular formula is C17H25N5. The highest BCUT2D eigenvalue weighted by molar-refractivity contribution is 5.60. The van der Waals surface area contributed by atoms with Gasteiger partial charge in [0.05, 0.1) is 6.20 Å². The summed E-state index contributed by atoms with van der Waals surface area (Å²) in [6.07, 6.45) is 3.80. The Morgan fingerprint density at radius 1 is 1.09 bits per heavy atom. The van der Waals surface area contributed by atoms with Gasteiger partial charge in [0, 0.05) is 18.8 Å². The van der Waals surface area contributed by atoms with Crippen molar-refractivity contribution in [1.29, 1.82) is 0 Å². The summed E-state index contributed by atoms with van der Waals surface area (Å²) in [4.78, 5) is 6.79. The van der Waals surface area contributed by atoms with E-state index >= 15 is 0 Å². The lowest BCUT2D eigenvalue weighted by molar-refractivity contribution is 0.711. The van der Waals surface area contributed by atoms with Crippen LogP contribution in [0.1, 0.15) is 37.8 Å². The third kappa shape index (κ3) is 4.16. The molecule has 5 nitrogen and oxygen atoms in total. The molecule has 0 atom stereocenters. The van der Waals surface area contributed by atoms with Crippen LogP contribution in [0.3, 0.4) is 0 Å². The quantitative estimate of drug-likeness (QED) is 0.841. The average Bonchev–Trinajstić information content (AvgIpc) is 2.50. The molecule has 22 heavy (non-hydrogen) atoms. The van der Waals surface area contributed by atoms with Crippen LogP contribution in [0.2, 0.25) is 0 Å². The van der Waals surface area contributed by atoms with Gasteiger partial charge in [-0.15, -0.1) is 5.10 Å². The molecule has 5 heteroatoms. The van der Waals surface area contributed by atoms with Gasteiger partial charge in [-0.2, -0.15) is 10.1 Å². The van der Waals surface area contributed by atoms with Gasteiger partial charge >= 0.3 is 0 Å². The van der Waals surface area contributed by atoms with Crippen molar-refractivity contribution in [2.45, 2.75) is 40.5 Å². The summed E-state index contributed by atoms with van der Waals surface area (Å²) in [5, 5.41) is 11.6. The lowest BCUT2D eigenvalue weighted by Crippen LogP contribution is -2.27. The number of anilines is 3. The van der Waals surface area contributed by atoms with Crippen molar-refractivity contribution in [2.24, 2.45) is 0 Å². The van der Waals surface area contributed by atoms with E-state index in [1.165, 1.54) is 11.1 Å². The van der Waals surface area contributed by atoms with Crippen LogP contribution >= 0.6 is 0 Å². The summed E-state index contributed by atoms with van der Waals surface area (Å²) in [5.41, 5.74) is 3.50. The van der Waals surface area contributed by atoms with Gasteiger partial charge in [0.2, 0.25) is 5.95 Å². The molecule has 1 N–H and O–H groups in total.